The summed E-state index contributed by atoms with van der Waals surface area (Å²) in [4.78, 5) is 29.3. The summed E-state index contributed by atoms with van der Waals surface area (Å²) in [5.41, 5.74) is 2.85. The summed E-state index contributed by atoms with van der Waals surface area (Å²) < 4.78 is 19.7. The van der Waals surface area contributed by atoms with Crippen LogP contribution in [0.3, 0.4) is 0 Å². The minimum Gasteiger partial charge on any atom is -0.411 e. The van der Waals surface area contributed by atoms with E-state index in [2.05, 4.69) is 36.3 Å². The van der Waals surface area contributed by atoms with Crippen molar-refractivity contribution in [2.24, 2.45) is 0 Å². The van der Waals surface area contributed by atoms with Gasteiger partial charge in [-0.05, 0) is 70.5 Å². The van der Waals surface area contributed by atoms with Gasteiger partial charge in [0, 0.05) is 47.6 Å². The third kappa shape index (κ3) is 6.22. The zero-order valence-corrected chi connectivity index (χ0v) is 22.5. The van der Waals surface area contributed by atoms with Gasteiger partial charge in [0.1, 0.15) is 5.82 Å². The van der Waals surface area contributed by atoms with Gasteiger partial charge in [0.05, 0.1) is 11.3 Å². The third-order valence-corrected chi connectivity index (χ3v) is 7.50. The van der Waals surface area contributed by atoms with Crippen LogP contribution in [0.25, 0.3) is 11.5 Å². The Balaban J connectivity index is 1.09. The summed E-state index contributed by atoms with van der Waals surface area (Å²) >= 11 is 4.56. The first-order valence-electron chi connectivity index (χ1n) is 11.9. The van der Waals surface area contributed by atoms with E-state index in [1.165, 1.54) is 12.1 Å². The van der Waals surface area contributed by atoms with Crippen molar-refractivity contribution in [2.75, 3.05) is 42.1 Å². The largest absolute Gasteiger partial charge is 0.411 e. The topological polar surface area (TPSA) is 91.6 Å². The van der Waals surface area contributed by atoms with E-state index in [0.717, 1.165) is 35.0 Å². The predicted molar refractivity (Wildman–Crippen MR) is 148 cm³/mol. The zero-order chi connectivity index (χ0) is 26.5. The van der Waals surface area contributed by atoms with Gasteiger partial charge in [-0.2, -0.15) is 0 Å². The predicted octanol–water partition coefficient (Wildman–Crippen LogP) is 5.33. The fraction of sp³-hybridized carbons (Fsp3) is 0.185. The highest BCUT2D eigenvalue weighted by molar-refractivity contribution is 9.10. The number of hydrogen-bond donors (Lipinski definition) is 1. The highest BCUT2D eigenvalue weighted by atomic mass is 79.9. The smallest absolute Gasteiger partial charge is 0.277 e. The molecule has 0 saturated carbocycles. The monoisotopic (exact) mass is 595 g/mol. The number of nitrogens with zero attached hydrogens (tertiary/aromatic N) is 4. The lowest BCUT2D eigenvalue weighted by Gasteiger charge is -2.36. The van der Waals surface area contributed by atoms with E-state index in [4.69, 9.17) is 4.42 Å². The SMILES string of the molecule is O=C(CSc1nnc(-c2cccc(F)c2)o1)Nc1ccc(N2CCN(C(=O)c3ccccc3Br)CC2)cc1. The Labute approximate surface area is 231 Å². The van der Waals surface area contributed by atoms with Gasteiger partial charge in [0.2, 0.25) is 11.8 Å². The van der Waals surface area contributed by atoms with Crippen molar-refractivity contribution in [3.63, 3.8) is 0 Å². The highest BCUT2D eigenvalue weighted by Gasteiger charge is 2.23. The molecule has 11 heteroatoms. The molecule has 4 aromatic rings. The third-order valence-electron chi connectivity index (χ3n) is 5.99. The number of hydrogen-bond acceptors (Lipinski definition) is 7. The van der Waals surface area contributed by atoms with Crippen LogP contribution in [0.4, 0.5) is 15.8 Å². The molecule has 5 rings (SSSR count). The van der Waals surface area contributed by atoms with Crippen LogP contribution in [0.2, 0.25) is 0 Å². The van der Waals surface area contributed by atoms with E-state index < -0.39 is 5.82 Å². The average Bonchev–Trinajstić information content (AvgIpc) is 3.42. The first-order valence-corrected chi connectivity index (χ1v) is 13.6. The Kier molecular flexibility index (Phi) is 8.04. The Morgan fingerprint density at radius 2 is 1.74 bits per heavy atom. The summed E-state index contributed by atoms with van der Waals surface area (Å²) in [6.07, 6.45) is 0. The molecule has 194 valence electrons. The average molecular weight is 596 g/mol. The molecule has 2 amide bonds. The minimum absolute atomic E-state index is 0.0266. The fourth-order valence-corrected chi connectivity index (χ4v) is 5.08. The van der Waals surface area contributed by atoms with Gasteiger partial charge in [-0.1, -0.05) is 30.0 Å². The molecular formula is C27H23BrFN5O3S. The molecule has 0 bridgehead atoms. The molecule has 1 aromatic heterocycles. The van der Waals surface area contributed by atoms with Gasteiger partial charge in [-0.25, -0.2) is 4.39 Å². The van der Waals surface area contributed by atoms with Crippen LogP contribution < -0.4 is 10.2 Å². The molecule has 0 radical (unpaired) electrons. The minimum atomic E-state index is -0.394. The van der Waals surface area contributed by atoms with Crippen molar-refractivity contribution >= 4 is 50.9 Å². The van der Waals surface area contributed by atoms with Crippen molar-refractivity contribution in [1.29, 1.82) is 0 Å². The molecule has 1 fully saturated rings. The molecule has 3 aromatic carbocycles. The van der Waals surface area contributed by atoms with Crippen LogP contribution in [0.5, 0.6) is 0 Å². The van der Waals surface area contributed by atoms with E-state index in [0.29, 0.717) is 29.9 Å². The van der Waals surface area contributed by atoms with Crippen molar-refractivity contribution in [1.82, 2.24) is 15.1 Å². The molecule has 1 N–H and O–H groups in total. The summed E-state index contributed by atoms with van der Waals surface area (Å²) in [6.45, 7) is 2.71. The second-order valence-electron chi connectivity index (χ2n) is 8.53. The molecule has 38 heavy (non-hydrogen) atoms. The molecular weight excluding hydrogens is 573 g/mol. The van der Waals surface area contributed by atoms with Gasteiger partial charge in [-0.15, -0.1) is 10.2 Å². The van der Waals surface area contributed by atoms with E-state index in [1.54, 1.807) is 12.1 Å². The van der Waals surface area contributed by atoms with Crippen molar-refractivity contribution < 1.29 is 18.4 Å². The molecule has 1 aliphatic rings. The number of halogens is 2. The van der Waals surface area contributed by atoms with Crippen LogP contribution in [0.1, 0.15) is 10.4 Å². The van der Waals surface area contributed by atoms with Crippen LogP contribution in [0.15, 0.2) is 86.9 Å². The number of carbonyl (C=O) groups is 2. The van der Waals surface area contributed by atoms with Crippen LogP contribution in [0, 0.1) is 5.82 Å². The van der Waals surface area contributed by atoms with Crippen LogP contribution >= 0.6 is 27.7 Å². The maximum Gasteiger partial charge on any atom is 0.277 e. The second-order valence-corrected chi connectivity index (χ2v) is 10.3. The molecule has 2 heterocycles. The summed E-state index contributed by atoms with van der Waals surface area (Å²) in [6, 6.07) is 21.0. The van der Waals surface area contributed by atoms with E-state index in [-0.39, 0.29) is 28.7 Å². The Hall–Kier alpha value is -3.70. The lowest BCUT2D eigenvalue weighted by Crippen LogP contribution is -2.48. The zero-order valence-electron chi connectivity index (χ0n) is 20.1. The van der Waals surface area contributed by atoms with Crippen LogP contribution in [-0.4, -0.2) is 58.8 Å². The Morgan fingerprint density at radius 1 is 0.974 bits per heavy atom. The molecule has 1 aliphatic heterocycles. The number of carbonyl (C=O) groups excluding carboxylic acids is 2. The lowest BCUT2D eigenvalue weighted by molar-refractivity contribution is -0.113. The normalized spacial score (nSPS) is 13.4. The van der Waals surface area contributed by atoms with Gasteiger partial charge in [0.25, 0.3) is 11.1 Å². The number of amides is 2. The number of piperazine rings is 1. The van der Waals surface area contributed by atoms with E-state index in [1.807, 2.05) is 53.4 Å². The molecule has 1 saturated heterocycles. The van der Waals surface area contributed by atoms with Gasteiger partial charge >= 0.3 is 0 Å². The maximum absolute atomic E-state index is 13.4. The Morgan fingerprint density at radius 3 is 2.47 bits per heavy atom. The van der Waals surface area contributed by atoms with E-state index in [9.17, 15) is 14.0 Å². The van der Waals surface area contributed by atoms with Crippen molar-refractivity contribution in [2.45, 2.75) is 5.22 Å². The molecule has 8 nitrogen and oxygen atoms in total. The number of nitrogens with one attached hydrogen (secondary N) is 1. The number of thioether (sulfide) groups is 1. The quantitative estimate of drug-likeness (QED) is 0.289. The second kappa shape index (κ2) is 11.8. The molecule has 0 atom stereocenters. The summed E-state index contributed by atoms with van der Waals surface area (Å²) in [5, 5.41) is 10.9. The van der Waals surface area contributed by atoms with Gasteiger partial charge < -0.3 is 19.5 Å². The van der Waals surface area contributed by atoms with E-state index >= 15 is 0 Å². The fourth-order valence-electron chi connectivity index (χ4n) is 4.06. The first kappa shape index (κ1) is 25.9. The molecule has 0 spiro atoms. The standard InChI is InChI=1S/C27H23BrFN5O3S/c28-23-7-2-1-6-22(23)26(36)34-14-12-33(13-15-34)21-10-8-20(9-11-21)30-24(35)17-38-27-32-31-25(37-27)18-4-3-5-19(29)16-18/h1-11,16H,12-15,17H2,(H,30,35). The maximum atomic E-state index is 13.4. The van der Waals surface area contributed by atoms with Crippen LogP contribution in [-0.2, 0) is 4.79 Å². The number of benzene rings is 3. The number of aromatic nitrogens is 2. The highest BCUT2D eigenvalue weighted by Crippen LogP contribution is 2.25. The molecule has 0 unspecified atom stereocenters. The number of rotatable bonds is 7. The lowest BCUT2D eigenvalue weighted by atomic mass is 10.1. The number of anilines is 2. The van der Waals surface area contributed by atoms with Gasteiger partial charge in [0.15, 0.2) is 0 Å². The Bertz CT molecular complexity index is 1440. The summed E-state index contributed by atoms with van der Waals surface area (Å²) in [5.74, 6) is -0.304. The first-order chi connectivity index (χ1) is 18.5. The molecule has 0 aliphatic carbocycles. The van der Waals surface area contributed by atoms with Crippen molar-refractivity contribution in [3.8, 4) is 11.5 Å². The van der Waals surface area contributed by atoms with Crippen molar-refractivity contribution in [3.05, 3.63) is 88.6 Å². The van der Waals surface area contributed by atoms with Gasteiger partial charge in [-0.3, -0.25) is 9.59 Å². The summed E-state index contributed by atoms with van der Waals surface area (Å²) in [7, 11) is 0.